The highest BCUT2D eigenvalue weighted by atomic mass is 19.4. The average molecular weight is 424 g/mol. The fourth-order valence-corrected chi connectivity index (χ4v) is 3.38. The number of aromatic nitrogens is 5. The summed E-state index contributed by atoms with van der Waals surface area (Å²) in [7, 11) is 0. The van der Waals surface area contributed by atoms with Crippen molar-refractivity contribution in [1.82, 2.24) is 24.4 Å². The number of fused-ring (bicyclic) bond motifs is 1. The molecule has 0 radical (unpaired) electrons. The van der Waals surface area contributed by atoms with Crippen LogP contribution < -0.4 is 5.32 Å². The number of hydrogen-bond acceptors (Lipinski definition) is 6. The van der Waals surface area contributed by atoms with Crippen molar-refractivity contribution in [3.63, 3.8) is 0 Å². The third-order valence-corrected chi connectivity index (χ3v) is 4.69. The second-order valence-electron chi connectivity index (χ2n) is 8.14. The van der Waals surface area contributed by atoms with E-state index in [1.807, 2.05) is 31.5 Å². The molecule has 1 saturated heterocycles. The Labute approximate surface area is 171 Å². The predicted octanol–water partition coefficient (Wildman–Crippen LogP) is 4.31. The van der Waals surface area contributed by atoms with Crippen LogP contribution in [0.4, 0.5) is 24.8 Å². The second kappa shape index (κ2) is 7.55. The van der Waals surface area contributed by atoms with Gasteiger partial charge in [-0.2, -0.15) is 10.2 Å². The molecule has 0 saturated carbocycles. The van der Waals surface area contributed by atoms with Crippen LogP contribution in [0.3, 0.4) is 0 Å². The monoisotopic (exact) mass is 424 g/mol. The minimum absolute atomic E-state index is 0.0426. The highest BCUT2D eigenvalue weighted by Crippen LogP contribution is 2.33. The van der Waals surface area contributed by atoms with Crippen molar-refractivity contribution >= 4 is 17.2 Å². The largest absolute Gasteiger partial charge is 0.522 e. The van der Waals surface area contributed by atoms with Gasteiger partial charge in [-0.05, 0) is 39.7 Å². The van der Waals surface area contributed by atoms with Crippen molar-refractivity contribution < 1.29 is 22.6 Å². The molecule has 0 aromatic carbocycles. The first-order valence-corrected chi connectivity index (χ1v) is 9.63. The third-order valence-electron chi connectivity index (χ3n) is 4.69. The third kappa shape index (κ3) is 4.41. The molecule has 162 valence electrons. The molecule has 1 aliphatic rings. The van der Waals surface area contributed by atoms with E-state index in [-0.39, 0.29) is 17.3 Å². The molecule has 1 fully saturated rings. The molecular weight excluding hydrogens is 401 g/mol. The van der Waals surface area contributed by atoms with Crippen LogP contribution >= 0.6 is 0 Å². The van der Waals surface area contributed by atoms with Crippen LogP contribution in [-0.2, 0) is 21.6 Å². The molecule has 3 aromatic heterocycles. The number of nitrogens with zero attached hydrogens (tertiary/aromatic N) is 5. The fraction of sp³-hybridized carbons (Fsp3) is 0.526. The summed E-state index contributed by atoms with van der Waals surface area (Å²) >= 11 is 0. The van der Waals surface area contributed by atoms with Crippen LogP contribution in [0.25, 0.3) is 5.52 Å². The van der Waals surface area contributed by atoms with E-state index in [9.17, 15) is 13.2 Å². The standard InChI is InChI=1S/C19H23F3N6O2/c1-18(2,3)28-16(10-13(26-28)15-5-4-8-29-15)24-17-14-9-12(11-30-19(20,21)22)25-27(14)7-6-23-17/h6-7,9-10,15H,4-5,8,11H2,1-3H3,(H,23,24)/t15-/m1/s1. The Morgan fingerprint density at radius 1 is 1.23 bits per heavy atom. The summed E-state index contributed by atoms with van der Waals surface area (Å²) in [6, 6.07) is 3.44. The van der Waals surface area contributed by atoms with Gasteiger partial charge in [0.25, 0.3) is 0 Å². The highest BCUT2D eigenvalue weighted by molar-refractivity contribution is 5.72. The molecule has 1 aliphatic heterocycles. The van der Waals surface area contributed by atoms with Gasteiger partial charge in [-0.25, -0.2) is 14.2 Å². The van der Waals surface area contributed by atoms with Gasteiger partial charge in [-0.15, -0.1) is 13.2 Å². The molecule has 8 nitrogen and oxygen atoms in total. The smallest absolute Gasteiger partial charge is 0.372 e. The van der Waals surface area contributed by atoms with Crippen molar-refractivity contribution in [2.75, 3.05) is 11.9 Å². The lowest BCUT2D eigenvalue weighted by Gasteiger charge is -2.22. The van der Waals surface area contributed by atoms with E-state index >= 15 is 0 Å². The van der Waals surface area contributed by atoms with E-state index in [2.05, 4.69) is 20.1 Å². The normalized spacial score (nSPS) is 17.7. The molecule has 0 unspecified atom stereocenters. The lowest BCUT2D eigenvalue weighted by Crippen LogP contribution is -2.25. The molecule has 4 rings (SSSR count). The highest BCUT2D eigenvalue weighted by Gasteiger charge is 2.30. The summed E-state index contributed by atoms with van der Waals surface area (Å²) in [5.74, 6) is 1.16. The van der Waals surface area contributed by atoms with E-state index in [0.29, 0.717) is 17.2 Å². The van der Waals surface area contributed by atoms with Crippen LogP contribution in [-0.4, -0.2) is 37.3 Å². The summed E-state index contributed by atoms with van der Waals surface area (Å²) in [4.78, 5) is 4.35. The summed E-state index contributed by atoms with van der Waals surface area (Å²) in [5.41, 5.74) is 1.20. The SMILES string of the molecule is CC(C)(C)n1nc([C@H]2CCCO2)cc1Nc1nccn2nc(COC(F)(F)F)cc12. The number of hydrogen-bond donors (Lipinski definition) is 1. The first kappa shape index (κ1) is 20.6. The zero-order valence-electron chi connectivity index (χ0n) is 16.9. The van der Waals surface area contributed by atoms with Gasteiger partial charge in [0, 0.05) is 25.1 Å². The fourth-order valence-electron chi connectivity index (χ4n) is 3.38. The first-order valence-electron chi connectivity index (χ1n) is 9.63. The lowest BCUT2D eigenvalue weighted by molar-refractivity contribution is -0.330. The number of ether oxygens (including phenoxy) is 2. The Morgan fingerprint density at radius 3 is 2.70 bits per heavy atom. The second-order valence-corrected chi connectivity index (χ2v) is 8.14. The van der Waals surface area contributed by atoms with Crippen molar-refractivity contribution in [1.29, 1.82) is 0 Å². The maximum absolute atomic E-state index is 12.3. The predicted molar refractivity (Wildman–Crippen MR) is 102 cm³/mol. The molecule has 11 heteroatoms. The zero-order chi connectivity index (χ0) is 21.5. The Balaban J connectivity index is 1.65. The molecule has 30 heavy (non-hydrogen) atoms. The molecule has 1 N–H and O–H groups in total. The van der Waals surface area contributed by atoms with Gasteiger partial charge in [0.2, 0.25) is 0 Å². The van der Waals surface area contributed by atoms with Crippen LogP contribution in [0.2, 0.25) is 0 Å². The van der Waals surface area contributed by atoms with E-state index in [0.717, 1.165) is 25.1 Å². The van der Waals surface area contributed by atoms with Crippen molar-refractivity contribution in [2.45, 2.75) is 58.2 Å². The maximum Gasteiger partial charge on any atom is 0.522 e. The minimum atomic E-state index is -4.72. The van der Waals surface area contributed by atoms with Gasteiger partial charge in [0.15, 0.2) is 5.82 Å². The Morgan fingerprint density at radius 2 is 2.03 bits per heavy atom. The van der Waals surface area contributed by atoms with Crippen molar-refractivity contribution in [2.24, 2.45) is 0 Å². The van der Waals surface area contributed by atoms with Gasteiger partial charge < -0.3 is 10.1 Å². The van der Waals surface area contributed by atoms with Crippen LogP contribution in [0.1, 0.15) is 51.1 Å². The maximum atomic E-state index is 12.3. The number of anilines is 2. The number of alkyl halides is 3. The molecule has 0 spiro atoms. The van der Waals surface area contributed by atoms with Crippen molar-refractivity contribution in [3.05, 3.63) is 35.9 Å². The number of nitrogens with one attached hydrogen (secondary N) is 1. The molecule has 1 atom stereocenters. The molecule has 0 amide bonds. The summed E-state index contributed by atoms with van der Waals surface area (Å²) in [6.07, 6.45) is 0.243. The summed E-state index contributed by atoms with van der Waals surface area (Å²) in [6.45, 7) is 6.14. The Bertz CT molecular complexity index is 1030. The zero-order valence-corrected chi connectivity index (χ0v) is 16.9. The van der Waals surface area contributed by atoms with Gasteiger partial charge in [-0.1, -0.05) is 0 Å². The van der Waals surface area contributed by atoms with Gasteiger partial charge >= 0.3 is 6.36 Å². The quantitative estimate of drug-likeness (QED) is 0.658. The minimum Gasteiger partial charge on any atom is -0.372 e. The number of rotatable bonds is 5. The Kier molecular flexibility index (Phi) is 5.18. The van der Waals surface area contributed by atoms with E-state index in [4.69, 9.17) is 9.84 Å². The molecule has 3 aromatic rings. The van der Waals surface area contributed by atoms with Crippen LogP contribution in [0.5, 0.6) is 0 Å². The van der Waals surface area contributed by atoms with Crippen LogP contribution in [0.15, 0.2) is 24.5 Å². The molecule has 0 bridgehead atoms. The van der Waals surface area contributed by atoms with Gasteiger partial charge in [0.1, 0.15) is 24.0 Å². The molecular formula is C19H23F3N6O2. The van der Waals surface area contributed by atoms with Crippen LogP contribution in [0, 0.1) is 0 Å². The average Bonchev–Trinajstić information content (AvgIpc) is 3.37. The van der Waals surface area contributed by atoms with E-state index < -0.39 is 13.0 Å². The van der Waals surface area contributed by atoms with Gasteiger partial charge in [-0.3, -0.25) is 4.74 Å². The lowest BCUT2D eigenvalue weighted by atomic mass is 10.1. The summed E-state index contributed by atoms with van der Waals surface area (Å²) in [5, 5.41) is 12.1. The Hall–Kier alpha value is -2.66. The van der Waals surface area contributed by atoms with E-state index in [1.165, 1.54) is 16.8 Å². The molecule has 4 heterocycles. The first-order chi connectivity index (χ1) is 14.1. The molecule has 0 aliphatic carbocycles. The van der Waals surface area contributed by atoms with Crippen molar-refractivity contribution in [3.8, 4) is 0 Å². The summed E-state index contributed by atoms with van der Waals surface area (Å²) < 4.78 is 50.0. The van der Waals surface area contributed by atoms with Gasteiger partial charge in [0.05, 0.1) is 16.9 Å². The number of halogens is 3. The van der Waals surface area contributed by atoms with E-state index in [1.54, 1.807) is 6.20 Å². The topological polar surface area (TPSA) is 78.5 Å².